The Labute approximate surface area is 116 Å². The second-order valence-corrected chi connectivity index (χ2v) is 6.37. The lowest BCUT2D eigenvalue weighted by atomic mass is 9.92. The summed E-state index contributed by atoms with van der Waals surface area (Å²) in [5.74, 6) is 0.0728. The second kappa shape index (κ2) is 6.23. The Morgan fingerprint density at radius 3 is 2.26 bits per heavy atom. The molecule has 2 saturated carbocycles. The summed E-state index contributed by atoms with van der Waals surface area (Å²) in [7, 11) is 3.56. The molecule has 0 bridgehead atoms. The predicted octanol–water partition coefficient (Wildman–Crippen LogP) is 1.92. The van der Waals surface area contributed by atoms with E-state index in [4.69, 9.17) is 10.5 Å². The molecular weight excluding hydrogens is 240 g/mol. The highest BCUT2D eigenvalue weighted by Crippen LogP contribution is 2.39. The van der Waals surface area contributed by atoms with E-state index in [1.54, 1.807) is 0 Å². The maximum Gasteiger partial charge on any atom is 0.327 e. The molecule has 0 aromatic carbocycles. The van der Waals surface area contributed by atoms with Crippen LogP contribution in [0.15, 0.2) is 0 Å². The zero-order valence-electron chi connectivity index (χ0n) is 12.4. The van der Waals surface area contributed by atoms with Crippen molar-refractivity contribution in [1.82, 2.24) is 4.90 Å². The molecule has 0 aromatic heterocycles. The van der Waals surface area contributed by atoms with E-state index in [1.165, 1.54) is 45.6 Å². The smallest absolute Gasteiger partial charge is 0.327 e. The fourth-order valence-electron chi connectivity index (χ4n) is 3.39. The predicted molar refractivity (Wildman–Crippen MR) is 75.8 cm³/mol. The fraction of sp³-hybridized carbons (Fsp3) is 0.933. The topological polar surface area (TPSA) is 55.6 Å². The van der Waals surface area contributed by atoms with Gasteiger partial charge in [-0.05, 0) is 38.6 Å². The summed E-state index contributed by atoms with van der Waals surface area (Å²) in [6.45, 7) is 0.634. The van der Waals surface area contributed by atoms with Crippen molar-refractivity contribution in [3.05, 3.63) is 0 Å². The molecule has 0 heterocycles. The summed E-state index contributed by atoms with van der Waals surface area (Å²) in [6, 6.07) is 0.578. The monoisotopic (exact) mass is 268 g/mol. The van der Waals surface area contributed by atoms with Crippen LogP contribution in [0.25, 0.3) is 0 Å². The van der Waals surface area contributed by atoms with Crippen molar-refractivity contribution in [2.24, 2.45) is 11.7 Å². The van der Waals surface area contributed by atoms with Gasteiger partial charge >= 0.3 is 5.97 Å². The molecule has 0 radical (unpaired) electrons. The van der Waals surface area contributed by atoms with Crippen LogP contribution in [0.5, 0.6) is 0 Å². The Balaban J connectivity index is 1.97. The van der Waals surface area contributed by atoms with E-state index in [9.17, 15) is 4.79 Å². The molecule has 0 aromatic rings. The normalized spacial score (nSPS) is 24.8. The van der Waals surface area contributed by atoms with E-state index >= 15 is 0 Å². The number of hydrogen-bond donors (Lipinski definition) is 1. The van der Waals surface area contributed by atoms with Gasteiger partial charge in [-0.3, -0.25) is 4.79 Å². The molecule has 2 aliphatic rings. The minimum atomic E-state index is -0.796. The quantitative estimate of drug-likeness (QED) is 0.611. The van der Waals surface area contributed by atoms with Crippen LogP contribution in [-0.4, -0.2) is 43.2 Å². The Hall–Kier alpha value is -0.610. The molecule has 0 aliphatic heterocycles. The molecule has 0 spiro atoms. The largest absolute Gasteiger partial charge is 0.468 e. The third kappa shape index (κ3) is 3.48. The summed E-state index contributed by atoms with van der Waals surface area (Å²) < 4.78 is 4.94. The summed E-state index contributed by atoms with van der Waals surface area (Å²) >= 11 is 0. The van der Waals surface area contributed by atoms with Crippen LogP contribution in [0.1, 0.15) is 51.4 Å². The van der Waals surface area contributed by atoms with Crippen LogP contribution in [-0.2, 0) is 9.53 Å². The average molecular weight is 268 g/mol. The van der Waals surface area contributed by atoms with Crippen molar-refractivity contribution in [1.29, 1.82) is 0 Å². The first-order valence-corrected chi connectivity index (χ1v) is 7.65. The van der Waals surface area contributed by atoms with Crippen LogP contribution < -0.4 is 5.73 Å². The van der Waals surface area contributed by atoms with Gasteiger partial charge in [-0.15, -0.1) is 0 Å². The first-order valence-electron chi connectivity index (χ1n) is 7.65. The summed E-state index contributed by atoms with van der Waals surface area (Å²) in [5, 5.41) is 0. The third-order valence-corrected chi connectivity index (χ3v) is 4.83. The zero-order chi connectivity index (χ0) is 13.9. The molecule has 1 atom stereocenters. The summed E-state index contributed by atoms with van der Waals surface area (Å²) in [6.07, 6.45) is 9.88. The summed E-state index contributed by atoms with van der Waals surface area (Å²) in [4.78, 5) is 14.3. The lowest BCUT2D eigenvalue weighted by Gasteiger charge is -2.35. The van der Waals surface area contributed by atoms with Crippen molar-refractivity contribution in [2.45, 2.75) is 62.9 Å². The molecule has 2 rings (SSSR count). The van der Waals surface area contributed by atoms with Crippen LogP contribution in [0.4, 0.5) is 0 Å². The number of likely N-dealkylation sites (N-methyl/N-ethyl adjacent to an activating group) is 1. The van der Waals surface area contributed by atoms with E-state index in [0.29, 0.717) is 18.5 Å². The number of esters is 1. The van der Waals surface area contributed by atoms with Gasteiger partial charge in [-0.1, -0.05) is 25.7 Å². The van der Waals surface area contributed by atoms with Crippen molar-refractivity contribution in [3.63, 3.8) is 0 Å². The number of rotatable bonds is 5. The minimum Gasteiger partial charge on any atom is -0.468 e. The van der Waals surface area contributed by atoms with Gasteiger partial charge in [0.15, 0.2) is 0 Å². The van der Waals surface area contributed by atoms with E-state index in [2.05, 4.69) is 11.9 Å². The first kappa shape index (κ1) is 14.8. The second-order valence-electron chi connectivity index (χ2n) is 6.37. The number of methoxy groups -OCH3 is 1. The fourth-order valence-corrected chi connectivity index (χ4v) is 3.39. The van der Waals surface area contributed by atoms with Crippen LogP contribution in [0.3, 0.4) is 0 Å². The van der Waals surface area contributed by atoms with Gasteiger partial charge in [0.05, 0.1) is 7.11 Å². The molecule has 2 aliphatic carbocycles. The lowest BCUT2D eigenvalue weighted by Crippen LogP contribution is -2.59. The molecule has 4 heteroatoms. The molecule has 0 saturated heterocycles. The number of nitrogens with zero attached hydrogens (tertiary/aromatic N) is 1. The molecule has 0 amide bonds. The molecule has 2 N–H and O–H groups in total. The van der Waals surface area contributed by atoms with Crippen LogP contribution in [0, 0.1) is 5.92 Å². The van der Waals surface area contributed by atoms with Gasteiger partial charge in [-0.25, -0.2) is 0 Å². The van der Waals surface area contributed by atoms with Crippen molar-refractivity contribution < 1.29 is 9.53 Å². The van der Waals surface area contributed by atoms with E-state index in [1.807, 2.05) is 0 Å². The van der Waals surface area contributed by atoms with Crippen molar-refractivity contribution >= 4 is 5.97 Å². The number of carbonyl (C=O) groups excluding carboxylic acids is 1. The van der Waals surface area contributed by atoms with Crippen molar-refractivity contribution in [2.75, 3.05) is 20.7 Å². The van der Waals surface area contributed by atoms with Gasteiger partial charge in [0.2, 0.25) is 0 Å². The van der Waals surface area contributed by atoms with Crippen LogP contribution >= 0.6 is 0 Å². The lowest BCUT2D eigenvalue weighted by molar-refractivity contribution is -0.149. The van der Waals surface area contributed by atoms with E-state index in [-0.39, 0.29) is 5.97 Å². The van der Waals surface area contributed by atoms with Crippen LogP contribution in [0.2, 0.25) is 0 Å². The first-order chi connectivity index (χ1) is 9.08. The highest BCUT2D eigenvalue weighted by Gasteiger charge is 2.49. The van der Waals surface area contributed by atoms with Gasteiger partial charge in [0.25, 0.3) is 0 Å². The number of carbonyl (C=O) groups is 1. The maximum absolute atomic E-state index is 12.0. The Bertz CT molecular complexity index is 309. The third-order valence-electron chi connectivity index (χ3n) is 4.83. The molecule has 19 heavy (non-hydrogen) atoms. The number of hydrogen-bond acceptors (Lipinski definition) is 4. The molecule has 2 fully saturated rings. The average Bonchev–Trinajstić information content (AvgIpc) is 3.22. The minimum absolute atomic E-state index is 0.240. The summed E-state index contributed by atoms with van der Waals surface area (Å²) in [5.41, 5.74) is 5.59. The van der Waals surface area contributed by atoms with Gasteiger partial charge in [-0.2, -0.15) is 0 Å². The standard InChI is InChI=1S/C15H28N2O2/c1-17(13-7-5-3-4-6-8-13)11-15(16,12-9-10-12)14(18)19-2/h12-13H,3-11,16H2,1-2H3. The maximum atomic E-state index is 12.0. The molecule has 110 valence electrons. The highest BCUT2D eigenvalue weighted by atomic mass is 16.5. The molecular formula is C15H28N2O2. The van der Waals surface area contributed by atoms with Gasteiger partial charge < -0.3 is 15.4 Å². The SMILES string of the molecule is COC(=O)C(N)(CN(C)C1CCCCCC1)C1CC1. The molecule has 4 nitrogen and oxygen atoms in total. The Morgan fingerprint density at radius 2 is 1.79 bits per heavy atom. The molecule has 1 unspecified atom stereocenters. The van der Waals surface area contributed by atoms with E-state index in [0.717, 1.165) is 12.8 Å². The highest BCUT2D eigenvalue weighted by molar-refractivity contribution is 5.81. The number of nitrogens with two attached hydrogens (primary N) is 1. The van der Waals surface area contributed by atoms with Gasteiger partial charge in [0, 0.05) is 12.6 Å². The number of ether oxygens (including phenoxy) is 1. The Kier molecular flexibility index (Phi) is 4.85. The van der Waals surface area contributed by atoms with E-state index < -0.39 is 5.54 Å². The Morgan fingerprint density at radius 1 is 1.21 bits per heavy atom. The van der Waals surface area contributed by atoms with Crippen molar-refractivity contribution in [3.8, 4) is 0 Å². The zero-order valence-corrected chi connectivity index (χ0v) is 12.4. The van der Waals surface area contributed by atoms with Gasteiger partial charge in [0.1, 0.15) is 5.54 Å².